The smallest absolute Gasteiger partial charge is 0.229 e. The van der Waals surface area contributed by atoms with Crippen molar-refractivity contribution in [1.82, 2.24) is 15.3 Å². The first kappa shape index (κ1) is 28.7. The highest BCUT2D eigenvalue weighted by Gasteiger charge is 2.24. The van der Waals surface area contributed by atoms with E-state index >= 15 is 0 Å². The van der Waals surface area contributed by atoms with E-state index in [1.54, 1.807) is 13.8 Å². The average molecular weight is 550 g/mol. The second-order valence-electron chi connectivity index (χ2n) is 9.46. The molecule has 202 valence electrons. The van der Waals surface area contributed by atoms with E-state index in [-0.39, 0.29) is 33.6 Å². The van der Waals surface area contributed by atoms with Crippen molar-refractivity contribution in [2.24, 2.45) is 10.7 Å². The number of nitrogens with one attached hydrogen (secondary N) is 3. The predicted octanol–water partition coefficient (Wildman–Crippen LogP) is 4.11. The van der Waals surface area contributed by atoms with Gasteiger partial charge in [-0.25, -0.2) is 13.4 Å². The highest BCUT2D eigenvalue weighted by molar-refractivity contribution is 7.95. The molecule has 2 heterocycles. The van der Waals surface area contributed by atoms with Crippen molar-refractivity contribution in [2.45, 2.75) is 58.3 Å². The van der Waals surface area contributed by atoms with Crippen molar-refractivity contribution >= 4 is 45.1 Å². The summed E-state index contributed by atoms with van der Waals surface area (Å²) in [5.74, 6) is 1.55. The number of nitrogens with zero attached hydrogens (tertiary/aromatic N) is 3. The molecule has 0 amide bonds. The van der Waals surface area contributed by atoms with Crippen LogP contribution in [0.25, 0.3) is 0 Å². The van der Waals surface area contributed by atoms with E-state index in [0.717, 1.165) is 25.1 Å². The zero-order chi connectivity index (χ0) is 27.3. The number of aryl methyl sites for hydroxylation is 1. The number of hydrogen-bond acceptors (Lipinski definition) is 10. The number of allylic oxidation sites excluding steroid dienone is 1. The minimum absolute atomic E-state index is 0.0342. The van der Waals surface area contributed by atoms with Gasteiger partial charge in [-0.05, 0) is 76.8 Å². The van der Waals surface area contributed by atoms with Gasteiger partial charge in [0.15, 0.2) is 20.7 Å². The van der Waals surface area contributed by atoms with E-state index in [2.05, 4.69) is 43.9 Å². The van der Waals surface area contributed by atoms with Crippen LogP contribution in [0, 0.1) is 6.92 Å². The monoisotopic (exact) mass is 549 g/mol. The Bertz CT molecular complexity index is 1290. The van der Waals surface area contributed by atoms with Gasteiger partial charge in [-0.2, -0.15) is 4.98 Å². The summed E-state index contributed by atoms with van der Waals surface area (Å²) >= 11 is 6.34. The number of halogens is 1. The molecule has 12 heteroatoms. The maximum atomic E-state index is 12.6. The number of aromatic nitrogens is 2. The standard InChI is InChI=1S/C25H36ClN7O3S/c1-14(2)36-22-10-18(17-7-8-29-11-17)16(5)9-20(22)32-25-30-12-19(26)24(33-25)31-21(13-28-6)23(27)37(34,35)15(3)4/h9-10,12-15,17,29H,7-8,11,27H2,1-6H3,(H2,30,31,32,33). The molecule has 0 saturated carbocycles. The zero-order valence-corrected chi connectivity index (χ0v) is 23.7. The lowest BCUT2D eigenvalue weighted by atomic mass is 9.93. The van der Waals surface area contributed by atoms with Crippen molar-refractivity contribution in [1.29, 1.82) is 0 Å². The SMILES string of the molecule is CN=CC(Nc1nc(Nc2cc(C)c(C3CCNC3)cc2OC(C)C)ncc1Cl)=C(N)S(=O)(=O)C(C)C. The molecule has 1 saturated heterocycles. The van der Waals surface area contributed by atoms with Crippen LogP contribution in [-0.4, -0.2) is 56.1 Å². The first-order valence-corrected chi connectivity index (χ1v) is 14.1. The molecule has 5 N–H and O–H groups in total. The van der Waals surface area contributed by atoms with Gasteiger partial charge in [-0.15, -0.1) is 0 Å². The molecule has 1 unspecified atom stereocenters. The molecule has 0 bridgehead atoms. The minimum Gasteiger partial charge on any atom is -0.489 e. The second kappa shape index (κ2) is 12.1. The summed E-state index contributed by atoms with van der Waals surface area (Å²) in [6.45, 7) is 11.1. The maximum Gasteiger partial charge on any atom is 0.229 e. The Morgan fingerprint density at radius 3 is 2.65 bits per heavy atom. The van der Waals surface area contributed by atoms with E-state index in [1.165, 1.54) is 25.0 Å². The Kier molecular flexibility index (Phi) is 9.38. The fourth-order valence-electron chi connectivity index (χ4n) is 3.97. The molecule has 37 heavy (non-hydrogen) atoms. The molecular formula is C25H36ClN7O3S. The molecule has 1 aliphatic rings. The van der Waals surface area contributed by atoms with Crippen LogP contribution in [0.1, 0.15) is 51.2 Å². The average Bonchev–Trinajstić information content (AvgIpc) is 3.36. The second-order valence-corrected chi connectivity index (χ2v) is 12.3. The predicted molar refractivity (Wildman–Crippen MR) is 151 cm³/mol. The van der Waals surface area contributed by atoms with E-state index < -0.39 is 15.1 Å². The Hall–Kier alpha value is -2.89. The molecular weight excluding hydrogens is 514 g/mol. The van der Waals surface area contributed by atoms with Gasteiger partial charge in [0.2, 0.25) is 5.95 Å². The van der Waals surface area contributed by atoms with Crippen LogP contribution < -0.4 is 26.4 Å². The van der Waals surface area contributed by atoms with E-state index in [9.17, 15) is 8.42 Å². The molecule has 0 radical (unpaired) electrons. The quantitative estimate of drug-likeness (QED) is 0.322. The summed E-state index contributed by atoms with van der Waals surface area (Å²) in [7, 11) is -2.23. The van der Waals surface area contributed by atoms with Crippen molar-refractivity contribution in [3.8, 4) is 5.75 Å². The molecule has 1 fully saturated rings. The number of sulfone groups is 1. The van der Waals surface area contributed by atoms with Crippen LogP contribution in [-0.2, 0) is 9.84 Å². The summed E-state index contributed by atoms with van der Waals surface area (Å²) in [5.41, 5.74) is 9.17. The Morgan fingerprint density at radius 2 is 2.05 bits per heavy atom. The third-order valence-corrected chi connectivity index (χ3v) is 8.28. The van der Waals surface area contributed by atoms with Gasteiger partial charge < -0.3 is 26.4 Å². The number of rotatable bonds is 10. The summed E-state index contributed by atoms with van der Waals surface area (Å²) in [6, 6.07) is 4.11. The van der Waals surface area contributed by atoms with Crippen molar-refractivity contribution in [3.05, 3.63) is 45.2 Å². The molecule has 1 atom stereocenters. The van der Waals surface area contributed by atoms with Crippen molar-refractivity contribution < 1.29 is 13.2 Å². The largest absolute Gasteiger partial charge is 0.489 e. The third-order valence-electron chi connectivity index (χ3n) is 5.93. The fraction of sp³-hybridized carbons (Fsp3) is 0.480. The number of anilines is 3. The van der Waals surface area contributed by atoms with Gasteiger partial charge in [0.1, 0.15) is 10.8 Å². The Morgan fingerprint density at radius 1 is 1.32 bits per heavy atom. The number of aliphatic imine (C=N–C) groups is 1. The maximum absolute atomic E-state index is 12.6. The highest BCUT2D eigenvalue weighted by Crippen LogP contribution is 2.36. The Balaban J connectivity index is 1.98. The van der Waals surface area contributed by atoms with E-state index in [4.69, 9.17) is 22.1 Å². The normalized spacial score (nSPS) is 16.9. The van der Waals surface area contributed by atoms with Gasteiger partial charge in [-0.3, -0.25) is 4.99 Å². The lowest BCUT2D eigenvalue weighted by molar-refractivity contribution is 0.243. The summed E-state index contributed by atoms with van der Waals surface area (Å²) in [5, 5.41) is 8.67. The van der Waals surface area contributed by atoms with Crippen LogP contribution in [0.4, 0.5) is 17.5 Å². The Labute approximate surface area is 224 Å². The number of nitrogens with two attached hydrogens (primary N) is 1. The first-order valence-electron chi connectivity index (χ1n) is 12.2. The third kappa shape index (κ3) is 6.91. The molecule has 0 aliphatic carbocycles. The molecule has 1 aliphatic heterocycles. The molecule has 1 aromatic carbocycles. The van der Waals surface area contributed by atoms with Gasteiger partial charge in [-0.1, -0.05) is 11.6 Å². The summed E-state index contributed by atoms with van der Waals surface area (Å²) in [4.78, 5) is 12.7. The van der Waals surface area contributed by atoms with Gasteiger partial charge in [0.05, 0.1) is 28.9 Å². The lowest BCUT2D eigenvalue weighted by Crippen LogP contribution is -2.25. The zero-order valence-electron chi connectivity index (χ0n) is 22.1. The number of hydrogen-bond donors (Lipinski definition) is 4. The lowest BCUT2D eigenvalue weighted by Gasteiger charge is -2.20. The van der Waals surface area contributed by atoms with Gasteiger partial charge >= 0.3 is 0 Å². The number of ether oxygens (including phenoxy) is 1. The summed E-state index contributed by atoms with van der Waals surface area (Å²) < 4.78 is 31.4. The van der Waals surface area contributed by atoms with E-state index in [0.29, 0.717) is 17.4 Å². The van der Waals surface area contributed by atoms with E-state index in [1.807, 2.05) is 19.9 Å². The molecule has 3 rings (SSSR count). The van der Waals surface area contributed by atoms with Gasteiger partial charge in [0.25, 0.3) is 0 Å². The molecule has 1 aromatic heterocycles. The van der Waals surface area contributed by atoms with Crippen LogP contribution in [0.5, 0.6) is 5.75 Å². The van der Waals surface area contributed by atoms with Crippen LogP contribution >= 0.6 is 11.6 Å². The number of benzene rings is 1. The van der Waals surface area contributed by atoms with Crippen LogP contribution in [0.2, 0.25) is 5.02 Å². The van der Waals surface area contributed by atoms with Gasteiger partial charge in [0, 0.05) is 19.8 Å². The highest BCUT2D eigenvalue weighted by atomic mass is 35.5. The fourth-order valence-corrected chi connectivity index (χ4v) is 5.03. The van der Waals surface area contributed by atoms with Crippen molar-refractivity contribution in [3.63, 3.8) is 0 Å². The molecule has 0 spiro atoms. The molecule has 10 nitrogen and oxygen atoms in total. The first-order chi connectivity index (χ1) is 17.4. The van der Waals surface area contributed by atoms with Crippen LogP contribution in [0.3, 0.4) is 0 Å². The minimum atomic E-state index is -3.74. The topological polar surface area (TPSA) is 144 Å². The van der Waals surface area contributed by atoms with Crippen molar-refractivity contribution in [2.75, 3.05) is 30.8 Å². The molecule has 2 aromatic rings. The van der Waals surface area contributed by atoms with Crippen LogP contribution in [0.15, 0.2) is 34.0 Å². The summed E-state index contributed by atoms with van der Waals surface area (Å²) in [6.07, 6.45) is 3.78.